The van der Waals surface area contributed by atoms with Crippen LogP contribution in [0.3, 0.4) is 0 Å². The number of aromatic hydroxyl groups is 1. The molecule has 6 nitrogen and oxygen atoms in total. The summed E-state index contributed by atoms with van der Waals surface area (Å²) < 4.78 is 20.2. The number of hydrogen-bond donors (Lipinski definition) is 3. The van der Waals surface area contributed by atoms with Gasteiger partial charge in [0.25, 0.3) is 0 Å². The van der Waals surface area contributed by atoms with Crippen LogP contribution in [0.1, 0.15) is 25.5 Å². The van der Waals surface area contributed by atoms with E-state index in [1.807, 2.05) is 0 Å². The van der Waals surface area contributed by atoms with Crippen LogP contribution in [-0.2, 0) is 9.53 Å². The van der Waals surface area contributed by atoms with E-state index < -0.39 is 35.1 Å². The average molecular weight is 452 g/mol. The first-order valence-corrected chi connectivity index (χ1v) is 9.01. The van der Waals surface area contributed by atoms with Crippen LogP contribution < -0.4 is 5.32 Å². The molecule has 148 valence electrons. The number of hydrogen-bond acceptors (Lipinski definition) is 4. The molecule has 0 heterocycles. The number of halogens is 2. The van der Waals surface area contributed by atoms with E-state index in [4.69, 9.17) is 9.84 Å². The van der Waals surface area contributed by atoms with Crippen LogP contribution in [0.5, 0.6) is 5.75 Å². The lowest BCUT2D eigenvalue weighted by atomic mass is 9.82. The molecular formula is C20H19BrFNO5. The predicted octanol–water partition coefficient (Wildman–Crippen LogP) is 5.25. The van der Waals surface area contributed by atoms with E-state index in [0.717, 1.165) is 22.7 Å². The summed E-state index contributed by atoms with van der Waals surface area (Å²) in [6.45, 7) is 3.30. The third-order valence-electron chi connectivity index (χ3n) is 3.92. The summed E-state index contributed by atoms with van der Waals surface area (Å²) in [7, 11) is 0. The molecule has 0 unspecified atom stereocenters. The molecule has 0 aliphatic rings. The third-order valence-corrected chi connectivity index (χ3v) is 4.45. The monoisotopic (exact) mass is 451 g/mol. The quantitative estimate of drug-likeness (QED) is 0.521. The predicted molar refractivity (Wildman–Crippen MR) is 106 cm³/mol. The Morgan fingerprint density at radius 3 is 2.43 bits per heavy atom. The second kappa shape index (κ2) is 8.88. The van der Waals surface area contributed by atoms with Gasteiger partial charge in [0.1, 0.15) is 6.10 Å². The molecule has 0 saturated carbocycles. The summed E-state index contributed by atoms with van der Waals surface area (Å²) in [6, 6.07) is 10.4. The van der Waals surface area contributed by atoms with E-state index in [2.05, 4.69) is 21.2 Å². The topological polar surface area (TPSA) is 95.9 Å². The number of carbonyl (C=O) groups is 2. The average Bonchev–Trinajstić information content (AvgIpc) is 2.62. The number of carboxylic acids is 1. The van der Waals surface area contributed by atoms with Gasteiger partial charge in [0.05, 0.1) is 0 Å². The van der Waals surface area contributed by atoms with Crippen molar-refractivity contribution in [3.63, 3.8) is 0 Å². The zero-order chi connectivity index (χ0) is 20.9. The normalized spacial score (nSPS) is 12.6. The molecule has 0 aliphatic carbocycles. The minimum absolute atomic E-state index is 0.265. The van der Waals surface area contributed by atoms with Crippen molar-refractivity contribution in [3.05, 3.63) is 70.5 Å². The van der Waals surface area contributed by atoms with Gasteiger partial charge < -0.3 is 14.9 Å². The minimum Gasteiger partial charge on any atom is -0.505 e. The fraction of sp³-hybridized carbons (Fsp3) is 0.200. The van der Waals surface area contributed by atoms with Gasteiger partial charge in [-0.3, -0.25) is 5.32 Å². The summed E-state index contributed by atoms with van der Waals surface area (Å²) in [5, 5.41) is 20.9. The maximum absolute atomic E-state index is 13.8. The number of carboxylic acid groups (broad SMARTS) is 1. The zero-order valence-electron chi connectivity index (χ0n) is 15.1. The molecule has 0 saturated heterocycles. The fourth-order valence-electron chi connectivity index (χ4n) is 2.50. The Morgan fingerprint density at radius 1 is 1.21 bits per heavy atom. The molecule has 2 rings (SSSR count). The van der Waals surface area contributed by atoms with Crippen molar-refractivity contribution in [1.82, 2.24) is 0 Å². The number of aliphatic carboxylic acids is 1. The number of nitrogens with one attached hydrogen (secondary N) is 1. The first kappa shape index (κ1) is 21.4. The van der Waals surface area contributed by atoms with E-state index in [1.54, 1.807) is 38.1 Å². The lowest BCUT2D eigenvalue weighted by Gasteiger charge is -2.31. The maximum Gasteiger partial charge on any atom is 0.412 e. The molecule has 3 N–H and O–H groups in total. The Bertz CT molecular complexity index is 896. The van der Waals surface area contributed by atoms with Crippen LogP contribution in [0.15, 0.2) is 59.1 Å². The van der Waals surface area contributed by atoms with E-state index in [-0.39, 0.29) is 5.56 Å². The number of rotatable bonds is 6. The highest BCUT2D eigenvalue weighted by molar-refractivity contribution is 9.10. The minimum atomic E-state index is -1.16. The lowest BCUT2D eigenvalue weighted by Crippen LogP contribution is -2.28. The van der Waals surface area contributed by atoms with Crippen molar-refractivity contribution in [2.45, 2.75) is 20.0 Å². The molecule has 0 fully saturated rings. The zero-order valence-corrected chi connectivity index (χ0v) is 16.7. The van der Waals surface area contributed by atoms with E-state index >= 15 is 0 Å². The van der Waals surface area contributed by atoms with Gasteiger partial charge in [-0.1, -0.05) is 41.9 Å². The smallest absolute Gasteiger partial charge is 0.412 e. The lowest BCUT2D eigenvalue weighted by molar-refractivity contribution is -0.131. The molecule has 2 aromatic rings. The molecular weight excluding hydrogens is 433 g/mol. The number of carbonyl (C=O) groups excluding carboxylic acids is 1. The summed E-state index contributed by atoms with van der Waals surface area (Å²) in [5.41, 5.74) is -0.234. The molecule has 0 aromatic heterocycles. The SMILES string of the molecule is CC(C)(/C=C/C(=O)O)[C@H](OC(=O)Nc1ccc(Br)cc1)c1ccc(O)c(F)c1. The van der Waals surface area contributed by atoms with Gasteiger partial charge in [0.15, 0.2) is 11.6 Å². The van der Waals surface area contributed by atoms with Crippen LogP contribution in [-0.4, -0.2) is 22.3 Å². The van der Waals surface area contributed by atoms with Gasteiger partial charge in [-0.15, -0.1) is 0 Å². The standard InChI is InChI=1S/C20H19BrFNO5/c1-20(2,10-9-17(25)26)18(12-3-8-16(24)15(22)11-12)28-19(27)23-14-6-4-13(21)5-7-14/h3-11,18,24H,1-2H3,(H,23,27)(H,25,26)/b10-9+/t18-/m1/s1. The first-order valence-electron chi connectivity index (χ1n) is 8.22. The number of benzene rings is 2. The second-order valence-corrected chi connectivity index (χ2v) is 7.54. The third kappa shape index (κ3) is 5.82. The highest BCUT2D eigenvalue weighted by Crippen LogP contribution is 2.39. The van der Waals surface area contributed by atoms with Crippen molar-refractivity contribution in [2.75, 3.05) is 5.32 Å². The largest absolute Gasteiger partial charge is 0.505 e. The van der Waals surface area contributed by atoms with Crippen molar-refractivity contribution in [1.29, 1.82) is 0 Å². The number of phenolic OH excluding ortho intramolecular Hbond substituents is 1. The van der Waals surface area contributed by atoms with Gasteiger partial charge in [-0.2, -0.15) is 0 Å². The van der Waals surface area contributed by atoms with Crippen molar-refractivity contribution < 1.29 is 28.9 Å². The van der Waals surface area contributed by atoms with Crippen LogP contribution in [0.4, 0.5) is 14.9 Å². The van der Waals surface area contributed by atoms with Gasteiger partial charge in [0, 0.05) is 21.7 Å². The van der Waals surface area contributed by atoms with Gasteiger partial charge in [-0.05, 0) is 42.0 Å². The number of phenols is 1. The van der Waals surface area contributed by atoms with Gasteiger partial charge >= 0.3 is 12.1 Å². The van der Waals surface area contributed by atoms with Crippen molar-refractivity contribution in [2.24, 2.45) is 5.41 Å². The van der Waals surface area contributed by atoms with Crippen molar-refractivity contribution >= 4 is 33.7 Å². The maximum atomic E-state index is 13.8. The molecule has 8 heteroatoms. The Hall–Kier alpha value is -2.87. The summed E-state index contributed by atoms with van der Waals surface area (Å²) in [4.78, 5) is 23.3. The Balaban J connectivity index is 2.31. The van der Waals surface area contributed by atoms with Crippen molar-refractivity contribution in [3.8, 4) is 5.75 Å². The van der Waals surface area contributed by atoms with Gasteiger partial charge in [0.2, 0.25) is 0 Å². The molecule has 0 radical (unpaired) electrons. The number of amides is 1. The number of ether oxygens (including phenoxy) is 1. The summed E-state index contributed by atoms with van der Waals surface area (Å²) >= 11 is 3.29. The second-order valence-electron chi connectivity index (χ2n) is 6.62. The highest BCUT2D eigenvalue weighted by atomic mass is 79.9. The molecule has 1 amide bonds. The molecule has 0 aliphatic heterocycles. The van der Waals surface area contributed by atoms with Crippen LogP contribution in [0, 0.1) is 11.2 Å². The van der Waals surface area contributed by atoms with Gasteiger partial charge in [-0.25, -0.2) is 14.0 Å². The van der Waals surface area contributed by atoms with Crippen LogP contribution >= 0.6 is 15.9 Å². The Kier molecular flexibility index (Phi) is 6.80. The molecule has 2 aromatic carbocycles. The Labute approximate surface area is 169 Å². The summed E-state index contributed by atoms with van der Waals surface area (Å²) in [6.07, 6.45) is 0.475. The highest BCUT2D eigenvalue weighted by Gasteiger charge is 2.33. The van der Waals surface area contributed by atoms with E-state index in [0.29, 0.717) is 5.69 Å². The van der Waals surface area contributed by atoms with E-state index in [1.165, 1.54) is 12.1 Å². The molecule has 1 atom stereocenters. The first-order chi connectivity index (χ1) is 13.1. The molecule has 0 bridgehead atoms. The summed E-state index contributed by atoms with van der Waals surface area (Å²) in [5.74, 6) is -2.58. The molecule has 0 spiro atoms. The fourth-order valence-corrected chi connectivity index (χ4v) is 2.76. The van der Waals surface area contributed by atoms with Crippen LogP contribution in [0.2, 0.25) is 0 Å². The van der Waals surface area contributed by atoms with Crippen LogP contribution in [0.25, 0.3) is 0 Å². The Morgan fingerprint density at radius 2 is 1.86 bits per heavy atom. The molecule has 28 heavy (non-hydrogen) atoms. The van der Waals surface area contributed by atoms with E-state index in [9.17, 15) is 19.1 Å². The number of anilines is 1.